The molecule has 2 heterocycles. The van der Waals surface area contributed by atoms with Gasteiger partial charge in [-0.1, -0.05) is 6.07 Å². The van der Waals surface area contributed by atoms with Crippen LogP contribution in [-0.2, 0) is 11.3 Å². The average Bonchev–Trinajstić information content (AvgIpc) is 3.26. The van der Waals surface area contributed by atoms with Crippen LogP contribution in [0.15, 0.2) is 29.2 Å². The van der Waals surface area contributed by atoms with Gasteiger partial charge in [0.05, 0.1) is 0 Å². The van der Waals surface area contributed by atoms with Crippen LogP contribution in [0.1, 0.15) is 12.8 Å². The van der Waals surface area contributed by atoms with E-state index >= 15 is 0 Å². The van der Waals surface area contributed by atoms with Crippen molar-refractivity contribution in [2.24, 2.45) is 0 Å². The summed E-state index contributed by atoms with van der Waals surface area (Å²) in [7, 11) is 0. The Morgan fingerprint density at radius 2 is 1.89 bits per heavy atom. The number of hydrogen-bond donors (Lipinski definition) is 0. The highest BCUT2D eigenvalue weighted by molar-refractivity contribution is 5.76. The smallest absolute Gasteiger partial charge is 0.250 e. The highest BCUT2D eigenvalue weighted by Crippen LogP contribution is 2.27. The number of aromatic nitrogens is 1. The van der Waals surface area contributed by atoms with E-state index in [9.17, 15) is 9.59 Å². The second-order valence-electron chi connectivity index (χ2n) is 5.31. The van der Waals surface area contributed by atoms with E-state index < -0.39 is 0 Å². The van der Waals surface area contributed by atoms with Gasteiger partial charge >= 0.3 is 0 Å². The van der Waals surface area contributed by atoms with Gasteiger partial charge in [0.25, 0.3) is 5.56 Å². The van der Waals surface area contributed by atoms with Crippen LogP contribution in [0.25, 0.3) is 0 Å². The first-order chi connectivity index (χ1) is 9.24. The Morgan fingerprint density at radius 1 is 1.16 bits per heavy atom. The van der Waals surface area contributed by atoms with Gasteiger partial charge in [-0.15, -0.1) is 0 Å². The molecule has 3 rings (SSSR count). The molecule has 5 heteroatoms. The summed E-state index contributed by atoms with van der Waals surface area (Å²) in [6.45, 7) is 3.68. The van der Waals surface area contributed by atoms with Gasteiger partial charge in [-0.05, 0) is 18.9 Å². The van der Waals surface area contributed by atoms with E-state index in [1.54, 1.807) is 18.3 Å². The zero-order chi connectivity index (χ0) is 13.2. The predicted molar refractivity (Wildman–Crippen MR) is 71.9 cm³/mol. The van der Waals surface area contributed by atoms with Crippen molar-refractivity contribution in [2.45, 2.75) is 25.4 Å². The second-order valence-corrected chi connectivity index (χ2v) is 5.31. The third kappa shape index (κ3) is 2.87. The van der Waals surface area contributed by atoms with E-state index in [4.69, 9.17) is 0 Å². The highest BCUT2D eigenvalue weighted by Gasteiger charge is 2.32. The molecule has 0 spiro atoms. The number of carbonyl (C=O) groups excluding carboxylic acids is 1. The maximum Gasteiger partial charge on any atom is 0.250 e. The lowest BCUT2D eigenvalue weighted by atomic mass is 10.3. The molecule has 1 aliphatic heterocycles. The van der Waals surface area contributed by atoms with Crippen molar-refractivity contribution in [3.05, 3.63) is 34.7 Å². The molecule has 0 unspecified atom stereocenters. The Bertz CT molecular complexity index is 513. The van der Waals surface area contributed by atoms with Crippen molar-refractivity contribution in [3.8, 4) is 0 Å². The minimum Gasteiger partial charge on any atom is -0.339 e. The van der Waals surface area contributed by atoms with Crippen molar-refractivity contribution in [2.75, 3.05) is 26.2 Å². The van der Waals surface area contributed by atoms with E-state index in [0.717, 1.165) is 32.2 Å². The Balaban J connectivity index is 1.56. The summed E-state index contributed by atoms with van der Waals surface area (Å²) in [5, 5.41) is 0. The highest BCUT2D eigenvalue weighted by atomic mass is 16.2. The molecule has 19 heavy (non-hydrogen) atoms. The number of nitrogens with zero attached hydrogens (tertiary/aromatic N) is 3. The van der Waals surface area contributed by atoms with Crippen LogP contribution in [-0.4, -0.2) is 52.5 Å². The van der Waals surface area contributed by atoms with Crippen LogP contribution in [0.2, 0.25) is 0 Å². The van der Waals surface area contributed by atoms with Gasteiger partial charge in [-0.2, -0.15) is 0 Å². The summed E-state index contributed by atoms with van der Waals surface area (Å²) in [6, 6.07) is 5.73. The minimum atomic E-state index is -0.118. The molecule has 2 aliphatic rings. The van der Waals surface area contributed by atoms with E-state index in [0.29, 0.717) is 0 Å². The average molecular weight is 261 g/mol. The van der Waals surface area contributed by atoms with E-state index in [1.165, 1.54) is 23.5 Å². The Labute approximate surface area is 112 Å². The molecular formula is C14H19N3O2. The lowest BCUT2D eigenvalue weighted by molar-refractivity contribution is -0.133. The number of pyridine rings is 1. The van der Waals surface area contributed by atoms with Gasteiger partial charge in [0.1, 0.15) is 6.54 Å². The molecule has 1 aromatic heterocycles. The molecule has 1 saturated carbocycles. The topological polar surface area (TPSA) is 45.6 Å². The maximum atomic E-state index is 12.2. The first kappa shape index (κ1) is 12.4. The number of piperazine rings is 1. The van der Waals surface area contributed by atoms with Gasteiger partial charge in [-0.3, -0.25) is 14.5 Å². The Morgan fingerprint density at radius 3 is 2.53 bits per heavy atom. The Hall–Kier alpha value is -1.62. The van der Waals surface area contributed by atoms with Crippen LogP contribution in [0.4, 0.5) is 0 Å². The monoisotopic (exact) mass is 261 g/mol. The standard InChI is InChI=1S/C14H19N3O2/c18-13-3-1-2-6-17(13)11-14(19)16-9-7-15(8-10-16)12-4-5-12/h1-3,6,12H,4-5,7-11H2. The molecule has 1 saturated heterocycles. The summed E-state index contributed by atoms with van der Waals surface area (Å²) in [6.07, 6.45) is 4.29. The van der Waals surface area contributed by atoms with Gasteiger partial charge in [0, 0.05) is 44.5 Å². The van der Waals surface area contributed by atoms with Crippen molar-refractivity contribution in [1.82, 2.24) is 14.4 Å². The molecule has 0 radical (unpaired) electrons. The minimum absolute atomic E-state index is 0.0451. The molecule has 0 aromatic carbocycles. The van der Waals surface area contributed by atoms with Gasteiger partial charge < -0.3 is 9.47 Å². The van der Waals surface area contributed by atoms with Crippen molar-refractivity contribution >= 4 is 5.91 Å². The first-order valence-electron chi connectivity index (χ1n) is 6.91. The van der Waals surface area contributed by atoms with Crippen molar-refractivity contribution in [3.63, 3.8) is 0 Å². The summed E-state index contributed by atoms with van der Waals surface area (Å²) >= 11 is 0. The summed E-state index contributed by atoms with van der Waals surface area (Å²) in [5.41, 5.74) is -0.118. The number of hydrogen-bond acceptors (Lipinski definition) is 3. The normalized spacial score (nSPS) is 20.5. The molecule has 0 N–H and O–H groups in total. The molecule has 1 aromatic rings. The molecule has 0 atom stereocenters. The van der Waals surface area contributed by atoms with Gasteiger partial charge in [0.2, 0.25) is 5.91 Å². The van der Waals surface area contributed by atoms with Crippen LogP contribution < -0.4 is 5.56 Å². The maximum absolute atomic E-state index is 12.2. The SMILES string of the molecule is O=C(Cn1ccccc1=O)N1CCN(C2CC2)CC1. The van der Waals surface area contributed by atoms with Crippen LogP contribution >= 0.6 is 0 Å². The molecule has 1 aliphatic carbocycles. The molecule has 102 valence electrons. The third-order valence-electron chi connectivity index (χ3n) is 3.93. The van der Waals surface area contributed by atoms with E-state index in [2.05, 4.69) is 4.90 Å². The molecular weight excluding hydrogens is 242 g/mol. The van der Waals surface area contributed by atoms with Gasteiger partial charge in [-0.25, -0.2) is 0 Å². The van der Waals surface area contributed by atoms with Crippen molar-refractivity contribution < 1.29 is 4.79 Å². The number of carbonyl (C=O) groups is 1. The second kappa shape index (κ2) is 5.17. The molecule has 2 fully saturated rings. The number of rotatable bonds is 3. The third-order valence-corrected chi connectivity index (χ3v) is 3.93. The quantitative estimate of drug-likeness (QED) is 0.778. The fourth-order valence-corrected chi connectivity index (χ4v) is 2.61. The largest absolute Gasteiger partial charge is 0.339 e. The van der Waals surface area contributed by atoms with Crippen LogP contribution in [0.3, 0.4) is 0 Å². The fraction of sp³-hybridized carbons (Fsp3) is 0.571. The zero-order valence-electron chi connectivity index (χ0n) is 11.0. The molecule has 1 amide bonds. The van der Waals surface area contributed by atoms with Crippen LogP contribution in [0.5, 0.6) is 0 Å². The van der Waals surface area contributed by atoms with E-state index in [-0.39, 0.29) is 18.0 Å². The predicted octanol–water partition coefficient (Wildman–Crippen LogP) is 0.155. The van der Waals surface area contributed by atoms with Crippen molar-refractivity contribution in [1.29, 1.82) is 0 Å². The Kier molecular flexibility index (Phi) is 3.38. The fourth-order valence-electron chi connectivity index (χ4n) is 2.61. The summed E-state index contributed by atoms with van der Waals surface area (Å²) in [4.78, 5) is 28.1. The molecule has 0 bridgehead atoms. The van der Waals surface area contributed by atoms with Crippen LogP contribution in [0, 0.1) is 0 Å². The lowest BCUT2D eigenvalue weighted by Crippen LogP contribution is -2.50. The number of amides is 1. The first-order valence-corrected chi connectivity index (χ1v) is 6.91. The van der Waals surface area contributed by atoms with Gasteiger partial charge in [0.15, 0.2) is 0 Å². The zero-order valence-corrected chi connectivity index (χ0v) is 11.0. The lowest BCUT2D eigenvalue weighted by Gasteiger charge is -2.34. The van der Waals surface area contributed by atoms with E-state index in [1.807, 2.05) is 4.90 Å². The summed E-state index contributed by atoms with van der Waals surface area (Å²) < 4.78 is 1.47. The molecule has 5 nitrogen and oxygen atoms in total. The summed E-state index contributed by atoms with van der Waals surface area (Å²) in [5.74, 6) is 0.0451.